The van der Waals surface area contributed by atoms with E-state index in [-0.39, 0.29) is 25.3 Å². The second-order valence-corrected chi connectivity index (χ2v) is 7.95. The molecule has 0 saturated carbocycles. The van der Waals surface area contributed by atoms with E-state index in [2.05, 4.69) is 5.16 Å². The molecular weight excluding hydrogens is 418 g/mol. The first-order valence-corrected chi connectivity index (χ1v) is 10.2. The molecule has 32 heavy (non-hydrogen) atoms. The number of ether oxygens (including phenoxy) is 1. The molecule has 1 unspecified atom stereocenters. The van der Waals surface area contributed by atoms with E-state index in [4.69, 9.17) is 26.6 Å². The zero-order valence-corrected chi connectivity index (χ0v) is 18.5. The molecule has 1 aromatic carbocycles. The molecule has 1 aliphatic rings. The van der Waals surface area contributed by atoms with Crippen molar-refractivity contribution in [2.24, 2.45) is 16.7 Å². The summed E-state index contributed by atoms with van der Waals surface area (Å²) in [5.74, 6) is 3.75. The third-order valence-electron chi connectivity index (χ3n) is 5.63. The first kappa shape index (κ1) is 25.0. The lowest BCUT2D eigenvalue weighted by Gasteiger charge is -2.38. The van der Waals surface area contributed by atoms with Crippen molar-refractivity contribution in [2.75, 3.05) is 6.61 Å². The standard InChI is InChI=1S/C21H29N5O6/c1-4-5-10-31-20(30)26(24,13(2)27)21(3,19(28)29)12-16-11-17(25-32-16)14-6-8-15(9-7-14)18(22)23/h6-9,16H,4-5,10-12,24H2,1-3H3,(H3-,22,23,28,29)/p+1/t16?,21-,26+/m0/s1. The van der Waals surface area contributed by atoms with E-state index in [0.29, 0.717) is 23.3 Å². The molecule has 174 valence electrons. The lowest BCUT2D eigenvalue weighted by molar-refractivity contribution is -0.838. The van der Waals surface area contributed by atoms with Gasteiger partial charge >= 0.3 is 18.0 Å². The fourth-order valence-corrected chi connectivity index (χ4v) is 3.46. The van der Waals surface area contributed by atoms with Gasteiger partial charge in [-0.25, -0.2) is 9.59 Å². The van der Waals surface area contributed by atoms with Gasteiger partial charge < -0.3 is 20.4 Å². The van der Waals surface area contributed by atoms with E-state index >= 15 is 0 Å². The molecule has 1 aliphatic heterocycles. The number of aliphatic carboxylic acids is 1. The van der Waals surface area contributed by atoms with Crippen molar-refractivity contribution in [3.8, 4) is 0 Å². The van der Waals surface area contributed by atoms with Gasteiger partial charge in [0.05, 0.1) is 25.7 Å². The highest BCUT2D eigenvalue weighted by Crippen LogP contribution is 2.33. The molecule has 0 aromatic heterocycles. The molecule has 11 heteroatoms. The molecule has 0 saturated heterocycles. The molecule has 0 aliphatic carbocycles. The van der Waals surface area contributed by atoms with Crippen LogP contribution in [0.2, 0.25) is 0 Å². The van der Waals surface area contributed by atoms with Gasteiger partial charge in [-0.05, 0) is 12.0 Å². The summed E-state index contributed by atoms with van der Waals surface area (Å²) in [6.07, 6.45) is -0.585. The normalized spacial score (nSPS) is 19.1. The zero-order valence-electron chi connectivity index (χ0n) is 18.5. The van der Waals surface area contributed by atoms with Gasteiger partial charge in [0, 0.05) is 18.9 Å². The van der Waals surface area contributed by atoms with Crippen LogP contribution in [0.4, 0.5) is 4.79 Å². The Morgan fingerprint density at radius 3 is 2.47 bits per heavy atom. The number of hydrogen-bond acceptors (Lipinski definition) is 8. The van der Waals surface area contributed by atoms with Crippen LogP contribution in [0.15, 0.2) is 29.4 Å². The monoisotopic (exact) mass is 448 g/mol. The quantitative estimate of drug-likeness (QED) is 0.0840. The number of carboxylic acids is 1. The van der Waals surface area contributed by atoms with Crippen LogP contribution in [0.25, 0.3) is 0 Å². The summed E-state index contributed by atoms with van der Waals surface area (Å²) < 4.78 is 3.57. The molecule has 0 radical (unpaired) electrons. The Morgan fingerprint density at radius 1 is 1.34 bits per heavy atom. The third-order valence-corrected chi connectivity index (χ3v) is 5.63. The van der Waals surface area contributed by atoms with E-state index in [1.165, 1.54) is 6.92 Å². The summed E-state index contributed by atoms with van der Waals surface area (Å²) in [7, 11) is 0. The van der Waals surface area contributed by atoms with E-state index in [1.54, 1.807) is 24.3 Å². The predicted octanol–water partition coefficient (Wildman–Crippen LogP) is 1.87. The number of carbonyl (C=O) groups is 3. The van der Waals surface area contributed by atoms with E-state index in [0.717, 1.165) is 13.3 Å². The minimum absolute atomic E-state index is 0.0267. The zero-order chi connectivity index (χ0) is 24.1. The average Bonchev–Trinajstić information content (AvgIpc) is 3.21. The van der Waals surface area contributed by atoms with Crippen LogP contribution in [0.3, 0.4) is 0 Å². The Hall–Kier alpha value is -3.31. The third kappa shape index (κ3) is 4.78. The molecule has 2 rings (SSSR count). The molecule has 6 N–H and O–H groups in total. The minimum atomic E-state index is -2.05. The smallest absolute Gasteiger partial charge is 0.477 e. The molecule has 0 bridgehead atoms. The largest absolute Gasteiger partial charge is 0.544 e. The number of rotatable bonds is 9. The average molecular weight is 449 g/mol. The first-order valence-electron chi connectivity index (χ1n) is 10.2. The number of nitrogen functional groups attached to an aromatic ring is 1. The van der Waals surface area contributed by atoms with Crippen LogP contribution in [0.1, 0.15) is 57.6 Å². The Balaban J connectivity index is 2.23. The van der Waals surface area contributed by atoms with Crippen LogP contribution in [0, 0.1) is 5.41 Å². The fourth-order valence-electron chi connectivity index (χ4n) is 3.46. The first-order chi connectivity index (χ1) is 15.0. The van der Waals surface area contributed by atoms with Crippen molar-refractivity contribution >= 4 is 29.5 Å². The number of hydrogen-bond donors (Lipinski definition) is 4. The van der Waals surface area contributed by atoms with Crippen molar-refractivity contribution in [2.45, 2.75) is 58.1 Å². The molecule has 1 heterocycles. The molecule has 0 spiro atoms. The Morgan fingerprint density at radius 2 is 1.97 bits per heavy atom. The number of oxime groups is 1. The molecular formula is C21H30N5O6+. The second-order valence-electron chi connectivity index (χ2n) is 7.95. The maximum Gasteiger partial charge on any atom is 0.544 e. The number of amides is 2. The highest BCUT2D eigenvalue weighted by atomic mass is 16.6. The number of imide groups is 1. The van der Waals surface area contributed by atoms with Gasteiger partial charge in [-0.15, -0.1) is 0 Å². The SMILES string of the molecule is CCCCOC(=O)[N@+](N)(C(C)=O)[C@@](C)(CC1CC(c2ccc(C(=N)N)cc2)=NO1)C(=O)O. The number of carboxylic acid groups (broad SMARTS) is 1. The number of benzene rings is 1. The number of amidine groups is 1. The van der Waals surface area contributed by atoms with E-state index < -0.39 is 34.2 Å². The van der Waals surface area contributed by atoms with Crippen molar-refractivity contribution in [1.82, 2.24) is 0 Å². The Labute approximate surface area is 186 Å². The van der Waals surface area contributed by atoms with E-state index in [9.17, 15) is 19.5 Å². The minimum Gasteiger partial charge on any atom is -0.477 e. The lowest BCUT2D eigenvalue weighted by atomic mass is 9.88. The van der Waals surface area contributed by atoms with Crippen molar-refractivity contribution in [3.05, 3.63) is 35.4 Å². The number of nitrogens with two attached hydrogens (primary N) is 2. The molecule has 0 fully saturated rings. The number of nitrogens with one attached hydrogen (secondary N) is 1. The van der Waals surface area contributed by atoms with Gasteiger partial charge in [-0.1, -0.05) is 47.4 Å². The number of nitrogens with zero attached hydrogens (tertiary/aromatic N) is 2. The summed E-state index contributed by atoms with van der Waals surface area (Å²) in [5.41, 5.74) is 5.23. The maximum absolute atomic E-state index is 12.7. The second kappa shape index (κ2) is 9.88. The van der Waals surface area contributed by atoms with Crippen molar-refractivity contribution < 1.29 is 33.7 Å². The molecule has 3 atom stereocenters. The van der Waals surface area contributed by atoms with Crippen LogP contribution < -0.4 is 11.6 Å². The Kier molecular flexibility index (Phi) is 7.70. The van der Waals surface area contributed by atoms with Gasteiger partial charge in [0.1, 0.15) is 11.9 Å². The van der Waals surface area contributed by atoms with Crippen LogP contribution in [0.5, 0.6) is 0 Å². The van der Waals surface area contributed by atoms with Gasteiger partial charge in [0.2, 0.25) is 5.54 Å². The highest BCUT2D eigenvalue weighted by molar-refractivity contribution is 6.02. The van der Waals surface area contributed by atoms with Crippen molar-refractivity contribution in [1.29, 1.82) is 5.41 Å². The molecule has 2 amide bonds. The fraction of sp³-hybridized carbons (Fsp3) is 0.476. The van der Waals surface area contributed by atoms with Gasteiger partial charge in [0.15, 0.2) is 0 Å². The summed E-state index contributed by atoms with van der Waals surface area (Å²) in [6, 6.07) is 6.78. The number of carbonyl (C=O) groups excluding carboxylic acids is 2. The van der Waals surface area contributed by atoms with E-state index in [1.807, 2.05) is 6.92 Å². The van der Waals surface area contributed by atoms with Gasteiger partial charge in [-0.3, -0.25) is 5.41 Å². The van der Waals surface area contributed by atoms with Gasteiger partial charge in [-0.2, -0.15) is 10.6 Å². The van der Waals surface area contributed by atoms with Crippen LogP contribution in [-0.4, -0.2) is 57.5 Å². The maximum atomic E-state index is 12.7. The number of unbranched alkanes of at least 4 members (excludes halogenated alkanes) is 1. The molecule has 11 nitrogen and oxygen atoms in total. The van der Waals surface area contributed by atoms with Gasteiger partial charge in [0.25, 0.3) is 0 Å². The predicted molar refractivity (Wildman–Crippen MR) is 116 cm³/mol. The summed E-state index contributed by atoms with van der Waals surface area (Å²) in [5, 5.41) is 21.5. The molecule has 1 aromatic rings. The van der Waals surface area contributed by atoms with Crippen LogP contribution in [-0.2, 0) is 19.2 Å². The lowest BCUT2D eigenvalue weighted by Crippen LogP contribution is -2.76. The summed E-state index contributed by atoms with van der Waals surface area (Å²) >= 11 is 0. The van der Waals surface area contributed by atoms with Crippen LogP contribution >= 0.6 is 0 Å². The van der Waals surface area contributed by atoms with Crippen molar-refractivity contribution in [3.63, 3.8) is 0 Å². The topological polar surface area (TPSA) is 178 Å². The number of quaternary nitrogens is 1. The summed E-state index contributed by atoms with van der Waals surface area (Å²) in [6.45, 7) is 4.20. The Bertz CT molecular complexity index is 931. The highest BCUT2D eigenvalue weighted by Gasteiger charge is 2.63. The summed E-state index contributed by atoms with van der Waals surface area (Å²) in [4.78, 5) is 42.8.